The van der Waals surface area contributed by atoms with Gasteiger partial charge >= 0.3 is 6.18 Å². The van der Waals surface area contributed by atoms with E-state index in [1.54, 1.807) is 13.0 Å². The SMILES string of the molecule is CCCC(CCC)c1ccc(C(F)(F)F)cc1C. The highest BCUT2D eigenvalue weighted by molar-refractivity contribution is 5.34. The summed E-state index contributed by atoms with van der Waals surface area (Å²) in [7, 11) is 0. The molecule has 1 aromatic rings. The van der Waals surface area contributed by atoms with Gasteiger partial charge in [-0.15, -0.1) is 0 Å². The third-order valence-corrected chi connectivity index (χ3v) is 3.31. The van der Waals surface area contributed by atoms with E-state index in [-0.39, 0.29) is 0 Å². The Balaban J connectivity index is 3.03. The maximum Gasteiger partial charge on any atom is 0.416 e. The molecule has 0 N–H and O–H groups in total. The van der Waals surface area contributed by atoms with Crippen molar-refractivity contribution in [1.29, 1.82) is 0 Å². The van der Waals surface area contributed by atoms with Crippen molar-refractivity contribution in [1.82, 2.24) is 0 Å². The molecule has 18 heavy (non-hydrogen) atoms. The van der Waals surface area contributed by atoms with E-state index in [0.29, 0.717) is 5.92 Å². The first-order chi connectivity index (χ1) is 8.40. The number of aryl methyl sites for hydroxylation is 1. The standard InChI is InChI=1S/C15H21F3/c1-4-6-12(7-5-2)14-9-8-13(10-11(14)3)15(16,17)18/h8-10,12H,4-7H2,1-3H3. The molecule has 0 saturated carbocycles. The van der Waals surface area contributed by atoms with Crippen molar-refractivity contribution >= 4 is 0 Å². The molecule has 1 aromatic carbocycles. The predicted molar refractivity (Wildman–Crippen MR) is 68.7 cm³/mol. The van der Waals surface area contributed by atoms with Crippen LogP contribution in [0.2, 0.25) is 0 Å². The summed E-state index contributed by atoms with van der Waals surface area (Å²) in [4.78, 5) is 0. The van der Waals surface area contributed by atoms with Gasteiger partial charge in [-0.2, -0.15) is 13.2 Å². The van der Waals surface area contributed by atoms with Gasteiger partial charge in [0.1, 0.15) is 0 Å². The predicted octanol–water partition coefficient (Wildman–Crippen LogP) is 5.70. The first-order valence-electron chi connectivity index (χ1n) is 6.57. The molecular weight excluding hydrogens is 237 g/mol. The van der Waals surface area contributed by atoms with Gasteiger partial charge in [0.05, 0.1) is 5.56 Å². The van der Waals surface area contributed by atoms with Crippen molar-refractivity contribution in [2.24, 2.45) is 0 Å². The summed E-state index contributed by atoms with van der Waals surface area (Å²) < 4.78 is 37.8. The maximum atomic E-state index is 12.6. The maximum absolute atomic E-state index is 12.6. The summed E-state index contributed by atoms with van der Waals surface area (Å²) >= 11 is 0. The number of hydrogen-bond donors (Lipinski definition) is 0. The van der Waals surface area contributed by atoms with E-state index in [4.69, 9.17) is 0 Å². The molecular formula is C15H21F3. The van der Waals surface area contributed by atoms with Crippen LogP contribution in [0.5, 0.6) is 0 Å². The molecule has 0 bridgehead atoms. The lowest BCUT2D eigenvalue weighted by molar-refractivity contribution is -0.137. The zero-order valence-electron chi connectivity index (χ0n) is 11.3. The second-order valence-corrected chi connectivity index (χ2v) is 4.84. The normalized spacial score (nSPS) is 12.2. The lowest BCUT2D eigenvalue weighted by atomic mass is 9.87. The molecule has 1 rings (SSSR count). The van der Waals surface area contributed by atoms with Crippen molar-refractivity contribution in [3.8, 4) is 0 Å². The Bertz CT molecular complexity index is 374. The van der Waals surface area contributed by atoms with Crippen molar-refractivity contribution < 1.29 is 13.2 Å². The largest absolute Gasteiger partial charge is 0.416 e. The highest BCUT2D eigenvalue weighted by Crippen LogP contribution is 2.34. The summed E-state index contributed by atoms with van der Waals surface area (Å²) in [6.45, 7) is 6.01. The van der Waals surface area contributed by atoms with Gasteiger partial charge in [0, 0.05) is 0 Å². The van der Waals surface area contributed by atoms with E-state index in [1.807, 2.05) is 0 Å². The average Bonchev–Trinajstić information content (AvgIpc) is 2.27. The van der Waals surface area contributed by atoms with E-state index < -0.39 is 11.7 Å². The van der Waals surface area contributed by atoms with Crippen LogP contribution in [0.4, 0.5) is 13.2 Å². The van der Waals surface area contributed by atoms with Gasteiger partial charge in [0.25, 0.3) is 0 Å². The number of alkyl halides is 3. The zero-order valence-corrected chi connectivity index (χ0v) is 11.3. The molecule has 0 spiro atoms. The number of hydrogen-bond acceptors (Lipinski definition) is 0. The molecule has 0 aliphatic carbocycles. The first kappa shape index (κ1) is 15.1. The van der Waals surface area contributed by atoms with Crippen LogP contribution in [0.25, 0.3) is 0 Å². The minimum absolute atomic E-state index is 0.391. The molecule has 0 nitrogen and oxygen atoms in total. The van der Waals surface area contributed by atoms with Crippen LogP contribution in [-0.4, -0.2) is 0 Å². The van der Waals surface area contributed by atoms with Crippen LogP contribution in [-0.2, 0) is 6.18 Å². The molecule has 3 heteroatoms. The molecule has 102 valence electrons. The fourth-order valence-corrected chi connectivity index (χ4v) is 2.46. The minimum atomic E-state index is -4.24. The number of rotatable bonds is 5. The number of halogens is 3. The highest BCUT2D eigenvalue weighted by atomic mass is 19.4. The third kappa shape index (κ3) is 3.76. The van der Waals surface area contributed by atoms with Crippen LogP contribution in [0.1, 0.15) is 62.1 Å². The topological polar surface area (TPSA) is 0 Å². The molecule has 0 aromatic heterocycles. The molecule has 0 amide bonds. The van der Waals surface area contributed by atoms with E-state index in [9.17, 15) is 13.2 Å². The lowest BCUT2D eigenvalue weighted by Gasteiger charge is -2.19. The minimum Gasteiger partial charge on any atom is -0.166 e. The van der Waals surface area contributed by atoms with Crippen LogP contribution in [0, 0.1) is 6.92 Å². The van der Waals surface area contributed by atoms with Crippen LogP contribution >= 0.6 is 0 Å². The van der Waals surface area contributed by atoms with E-state index in [0.717, 1.165) is 36.8 Å². The number of benzene rings is 1. The zero-order chi connectivity index (χ0) is 13.8. The average molecular weight is 258 g/mol. The molecule has 0 aliphatic heterocycles. The van der Waals surface area contributed by atoms with Crippen LogP contribution in [0.15, 0.2) is 18.2 Å². The summed E-state index contributed by atoms with van der Waals surface area (Å²) in [5.41, 5.74) is 1.29. The lowest BCUT2D eigenvalue weighted by Crippen LogP contribution is -2.07. The quantitative estimate of drug-likeness (QED) is 0.635. The molecule has 0 unspecified atom stereocenters. The molecule has 0 fully saturated rings. The van der Waals surface area contributed by atoms with Crippen molar-refractivity contribution in [3.05, 3.63) is 34.9 Å². The van der Waals surface area contributed by atoms with E-state index in [1.165, 1.54) is 12.1 Å². The summed E-state index contributed by atoms with van der Waals surface area (Å²) in [6, 6.07) is 4.14. The van der Waals surface area contributed by atoms with E-state index in [2.05, 4.69) is 13.8 Å². The van der Waals surface area contributed by atoms with Gasteiger partial charge in [-0.3, -0.25) is 0 Å². The Morgan fingerprint density at radius 3 is 2.00 bits per heavy atom. The third-order valence-electron chi connectivity index (χ3n) is 3.31. The molecule has 0 radical (unpaired) electrons. The Morgan fingerprint density at radius 2 is 1.61 bits per heavy atom. The first-order valence-corrected chi connectivity index (χ1v) is 6.57. The molecule has 0 heterocycles. The second-order valence-electron chi connectivity index (χ2n) is 4.84. The Labute approximate surface area is 107 Å². The van der Waals surface area contributed by atoms with Gasteiger partial charge in [-0.1, -0.05) is 32.8 Å². The summed E-state index contributed by atoms with van der Waals surface area (Å²) in [6.07, 6.45) is -0.0371. The monoisotopic (exact) mass is 258 g/mol. The van der Waals surface area contributed by atoms with Gasteiger partial charge in [0.2, 0.25) is 0 Å². The van der Waals surface area contributed by atoms with Crippen molar-refractivity contribution in [2.45, 2.75) is 58.5 Å². The van der Waals surface area contributed by atoms with Gasteiger partial charge in [-0.25, -0.2) is 0 Å². The molecule has 0 atom stereocenters. The Hall–Kier alpha value is -0.990. The van der Waals surface area contributed by atoms with Gasteiger partial charge < -0.3 is 0 Å². The van der Waals surface area contributed by atoms with E-state index >= 15 is 0 Å². The van der Waals surface area contributed by atoms with Crippen LogP contribution in [0.3, 0.4) is 0 Å². The highest BCUT2D eigenvalue weighted by Gasteiger charge is 2.30. The molecule has 0 saturated heterocycles. The van der Waals surface area contributed by atoms with Crippen molar-refractivity contribution in [3.63, 3.8) is 0 Å². The molecule has 0 aliphatic rings. The summed E-state index contributed by atoms with van der Waals surface area (Å²) in [5, 5.41) is 0. The Morgan fingerprint density at radius 1 is 1.06 bits per heavy atom. The van der Waals surface area contributed by atoms with Gasteiger partial charge in [-0.05, 0) is 48.9 Å². The fraction of sp³-hybridized carbons (Fsp3) is 0.600. The smallest absolute Gasteiger partial charge is 0.166 e. The summed E-state index contributed by atoms with van der Waals surface area (Å²) in [5.74, 6) is 0.391. The van der Waals surface area contributed by atoms with Gasteiger partial charge in [0.15, 0.2) is 0 Å². The fourth-order valence-electron chi connectivity index (χ4n) is 2.46. The van der Waals surface area contributed by atoms with Crippen LogP contribution < -0.4 is 0 Å². The Kier molecular flexibility index (Phi) is 5.24. The second kappa shape index (κ2) is 6.26. The van der Waals surface area contributed by atoms with Crippen molar-refractivity contribution in [2.75, 3.05) is 0 Å².